The third kappa shape index (κ3) is 6.90. The Kier molecular flexibility index (Phi) is 9.87. The molecule has 0 aliphatic carbocycles. The number of nitrogens with one attached hydrogen (secondary N) is 2. The van der Waals surface area contributed by atoms with E-state index in [4.69, 9.17) is 14.8 Å². The number of rotatable bonds is 11. The summed E-state index contributed by atoms with van der Waals surface area (Å²) >= 11 is 1.88. The Hall–Kier alpha value is -2.71. The smallest absolute Gasteiger partial charge is 0.277 e. The van der Waals surface area contributed by atoms with Crippen LogP contribution in [-0.4, -0.2) is 42.8 Å². The molecule has 0 saturated carbocycles. The maximum atomic E-state index is 14.9. The van der Waals surface area contributed by atoms with Gasteiger partial charge in [0.1, 0.15) is 5.82 Å². The number of ketones is 1. The monoisotopic (exact) mass is 565 g/mol. The van der Waals surface area contributed by atoms with Gasteiger partial charge in [-0.25, -0.2) is 18.7 Å². The number of anilines is 2. The number of oxime groups is 1. The molecule has 0 atom stereocenters. The Morgan fingerprint density at radius 3 is 2.62 bits per heavy atom. The third-order valence-electron chi connectivity index (χ3n) is 3.91. The minimum atomic E-state index is -1.48. The summed E-state index contributed by atoms with van der Waals surface area (Å²) in [5.74, 6) is -4.88. The van der Waals surface area contributed by atoms with Gasteiger partial charge in [-0.15, -0.1) is 0 Å². The first-order chi connectivity index (χ1) is 15.3. The predicted octanol–water partition coefficient (Wildman–Crippen LogP) is 3.44. The van der Waals surface area contributed by atoms with Gasteiger partial charge < -0.3 is 15.3 Å². The molecule has 0 radical (unpaired) electrons. The fraction of sp³-hybridized carbons (Fsp3) is 0.250. The van der Waals surface area contributed by atoms with E-state index in [9.17, 15) is 22.8 Å². The average Bonchev–Trinajstić information content (AvgIpc) is 2.77. The van der Waals surface area contributed by atoms with Crippen LogP contribution in [0.4, 0.5) is 24.5 Å². The second-order valence-corrected chi connectivity index (χ2v) is 7.41. The molecule has 0 bridgehead atoms. The number of Topliss-reactive ketones (excluding diaryl/α,β-unsaturated/α-hetero) is 1. The minimum Gasteiger partial charge on any atom is -0.394 e. The highest BCUT2D eigenvalue weighted by Gasteiger charge is 2.23. The van der Waals surface area contributed by atoms with Gasteiger partial charge >= 0.3 is 0 Å². The molecule has 32 heavy (non-hydrogen) atoms. The fourth-order valence-electron chi connectivity index (χ4n) is 2.29. The van der Waals surface area contributed by atoms with Crippen molar-refractivity contribution >= 4 is 51.9 Å². The summed E-state index contributed by atoms with van der Waals surface area (Å²) in [5, 5.41) is 14.6. The van der Waals surface area contributed by atoms with Gasteiger partial charge in [0.25, 0.3) is 5.91 Å². The van der Waals surface area contributed by atoms with Crippen molar-refractivity contribution in [1.29, 1.82) is 0 Å². The van der Waals surface area contributed by atoms with Crippen molar-refractivity contribution < 1.29 is 37.5 Å². The molecule has 0 spiro atoms. The summed E-state index contributed by atoms with van der Waals surface area (Å²) < 4.78 is 44.3. The number of aliphatic hydroxyl groups excluding tert-OH is 1. The SMILES string of the molecule is CCC(=O)CON=Cc1cc(C(=O)NOCCO)c(Nc2ccc(I)cc2F)c(F)c1F. The highest BCUT2D eigenvalue weighted by molar-refractivity contribution is 14.1. The summed E-state index contributed by atoms with van der Waals surface area (Å²) in [5.41, 5.74) is 0.222. The number of aliphatic hydroxyl groups is 1. The molecule has 3 N–H and O–H groups in total. The lowest BCUT2D eigenvalue weighted by Crippen LogP contribution is -2.26. The van der Waals surface area contributed by atoms with E-state index >= 15 is 0 Å². The van der Waals surface area contributed by atoms with E-state index in [-0.39, 0.29) is 31.1 Å². The summed E-state index contributed by atoms with van der Waals surface area (Å²) in [6, 6.07) is 4.93. The molecule has 1 amide bonds. The molecule has 12 heteroatoms. The Bertz CT molecular complexity index is 1020. The van der Waals surface area contributed by atoms with Crippen molar-refractivity contribution in [3.63, 3.8) is 0 Å². The number of nitrogens with zero attached hydrogens (tertiary/aromatic N) is 1. The summed E-state index contributed by atoms with van der Waals surface area (Å²) in [6.07, 6.45) is 1.01. The molecule has 0 aliphatic rings. The van der Waals surface area contributed by atoms with Crippen LogP contribution in [0.5, 0.6) is 0 Å². The average molecular weight is 565 g/mol. The van der Waals surface area contributed by atoms with Gasteiger partial charge in [0.05, 0.1) is 36.4 Å². The van der Waals surface area contributed by atoms with E-state index in [1.165, 1.54) is 12.1 Å². The van der Waals surface area contributed by atoms with Crippen LogP contribution in [0.1, 0.15) is 29.3 Å². The Morgan fingerprint density at radius 1 is 1.22 bits per heavy atom. The molecule has 0 unspecified atom stereocenters. The number of carbonyl (C=O) groups is 2. The maximum Gasteiger partial charge on any atom is 0.277 e. The summed E-state index contributed by atoms with van der Waals surface area (Å²) in [7, 11) is 0. The van der Waals surface area contributed by atoms with Crippen LogP contribution in [0.15, 0.2) is 29.4 Å². The van der Waals surface area contributed by atoms with Crippen molar-refractivity contribution in [1.82, 2.24) is 5.48 Å². The van der Waals surface area contributed by atoms with Gasteiger partial charge in [0.2, 0.25) is 0 Å². The van der Waals surface area contributed by atoms with E-state index in [0.717, 1.165) is 18.3 Å². The lowest BCUT2D eigenvalue weighted by Gasteiger charge is -2.15. The normalized spacial score (nSPS) is 10.9. The molecule has 0 fully saturated rings. The molecule has 0 heterocycles. The van der Waals surface area contributed by atoms with Crippen LogP contribution < -0.4 is 10.8 Å². The van der Waals surface area contributed by atoms with Crippen LogP contribution in [-0.2, 0) is 14.5 Å². The van der Waals surface area contributed by atoms with E-state index in [0.29, 0.717) is 3.57 Å². The van der Waals surface area contributed by atoms with E-state index in [1.807, 2.05) is 28.1 Å². The minimum absolute atomic E-state index is 0.197. The Balaban J connectivity index is 2.43. The number of hydroxylamine groups is 1. The molecule has 0 saturated heterocycles. The molecule has 0 aliphatic heterocycles. The molecule has 2 rings (SSSR count). The Morgan fingerprint density at radius 2 is 1.97 bits per heavy atom. The predicted molar refractivity (Wildman–Crippen MR) is 118 cm³/mol. The zero-order chi connectivity index (χ0) is 23.7. The number of benzene rings is 2. The van der Waals surface area contributed by atoms with Gasteiger partial charge in [0, 0.05) is 15.6 Å². The lowest BCUT2D eigenvalue weighted by molar-refractivity contribution is -0.123. The number of carbonyl (C=O) groups excluding carboxylic acids is 2. The zero-order valence-corrected chi connectivity index (χ0v) is 18.9. The number of hydrogen-bond donors (Lipinski definition) is 3. The van der Waals surface area contributed by atoms with E-state index in [1.54, 1.807) is 6.92 Å². The number of hydrogen-bond acceptors (Lipinski definition) is 7. The van der Waals surface area contributed by atoms with Crippen molar-refractivity contribution in [2.24, 2.45) is 5.16 Å². The quantitative estimate of drug-likeness (QED) is 0.167. The molecule has 0 aromatic heterocycles. The van der Waals surface area contributed by atoms with Gasteiger partial charge in [0.15, 0.2) is 24.0 Å². The summed E-state index contributed by atoms with van der Waals surface area (Å²) in [4.78, 5) is 33.2. The largest absolute Gasteiger partial charge is 0.394 e. The fourth-order valence-corrected chi connectivity index (χ4v) is 2.74. The van der Waals surface area contributed by atoms with Gasteiger partial charge in [-0.05, 0) is 46.9 Å². The topological polar surface area (TPSA) is 109 Å². The van der Waals surface area contributed by atoms with E-state index in [2.05, 4.69) is 10.5 Å². The van der Waals surface area contributed by atoms with Crippen LogP contribution in [0.2, 0.25) is 0 Å². The molecular weight excluding hydrogens is 546 g/mol. The van der Waals surface area contributed by atoms with Crippen molar-refractivity contribution in [2.45, 2.75) is 13.3 Å². The standard InChI is InChI=1S/C20H19F3IN3O5/c1-2-13(29)10-32-25-9-11-7-14(20(30)27-31-6-5-28)19(18(23)17(11)22)26-16-4-3-12(24)8-15(16)21/h3-4,7-9,26,28H,2,5-6,10H2,1H3,(H,27,30). The van der Waals surface area contributed by atoms with Gasteiger partial charge in [-0.1, -0.05) is 12.1 Å². The first-order valence-corrected chi connectivity index (χ1v) is 10.3. The second kappa shape index (κ2) is 12.4. The lowest BCUT2D eigenvalue weighted by atomic mass is 10.1. The summed E-state index contributed by atoms with van der Waals surface area (Å²) in [6.45, 7) is 0.613. The van der Waals surface area contributed by atoms with Crippen LogP contribution in [0.25, 0.3) is 0 Å². The van der Waals surface area contributed by atoms with Crippen LogP contribution >= 0.6 is 22.6 Å². The molecule has 2 aromatic carbocycles. The first kappa shape index (κ1) is 25.5. The Labute approximate surface area is 194 Å². The zero-order valence-electron chi connectivity index (χ0n) is 16.8. The number of halogens is 4. The van der Waals surface area contributed by atoms with Crippen LogP contribution in [0, 0.1) is 21.0 Å². The van der Waals surface area contributed by atoms with Crippen LogP contribution in [0.3, 0.4) is 0 Å². The second-order valence-electron chi connectivity index (χ2n) is 6.17. The van der Waals surface area contributed by atoms with E-state index < -0.39 is 46.8 Å². The first-order valence-electron chi connectivity index (χ1n) is 9.22. The molecular formula is C20H19F3IN3O5. The molecule has 8 nitrogen and oxygen atoms in total. The highest BCUT2D eigenvalue weighted by atomic mass is 127. The molecule has 172 valence electrons. The maximum absolute atomic E-state index is 14.9. The number of amides is 1. The van der Waals surface area contributed by atoms with Crippen molar-refractivity contribution in [3.05, 3.63) is 56.4 Å². The molecule has 2 aromatic rings. The third-order valence-corrected chi connectivity index (χ3v) is 4.59. The van der Waals surface area contributed by atoms with Gasteiger partial charge in [-0.2, -0.15) is 0 Å². The van der Waals surface area contributed by atoms with Crippen molar-refractivity contribution in [3.8, 4) is 0 Å². The highest BCUT2D eigenvalue weighted by Crippen LogP contribution is 2.30. The van der Waals surface area contributed by atoms with Gasteiger partial charge in [-0.3, -0.25) is 14.4 Å². The van der Waals surface area contributed by atoms with Crippen molar-refractivity contribution in [2.75, 3.05) is 25.1 Å².